The number of imidazole rings is 1. The molecule has 16 heavy (non-hydrogen) atoms. The summed E-state index contributed by atoms with van der Waals surface area (Å²) in [5.74, 6) is 1.63. The van der Waals surface area contributed by atoms with E-state index in [-0.39, 0.29) is 0 Å². The lowest BCUT2D eigenvalue weighted by Crippen LogP contribution is -1.96. The molecule has 0 fully saturated rings. The first kappa shape index (κ1) is 11.2. The quantitative estimate of drug-likeness (QED) is 0.908. The number of hydrogen-bond acceptors (Lipinski definition) is 3. The molecule has 1 aromatic carbocycles. The monoisotopic (exact) mass is 281 g/mol. The number of nitrogens with one attached hydrogen (secondary N) is 1. The second kappa shape index (κ2) is 4.67. The number of rotatable bonds is 3. The Bertz CT molecular complexity index is 478. The van der Waals surface area contributed by atoms with Crippen molar-refractivity contribution in [2.75, 3.05) is 7.11 Å². The van der Waals surface area contributed by atoms with Crippen LogP contribution in [0.1, 0.15) is 5.69 Å². The molecule has 0 aliphatic heterocycles. The first-order valence-electron chi connectivity index (χ1n) is 4.83. The third-order valence-electron chi connectivity index (χ3n) is 2.30. The molecule has 3 N–H and O–H groups in total. The van der Waals surface area contributed by atoms with E-state index in [2.05, 4.69) is 25.9 Å². The van der Waals surface area contributed by atoms with Gasteiger partial charge in [0.25, 0.3) is 0 Å². The largest absolute Gasteiger partial charge is 0.497 e. The summed E-state index contributed by atoms with van der Waals surface area (Å²) in [7, 11) is 1.64. The molecule has 0 saturated heterocycles. The van der Waals surface area contributed by atoms with Gasteiger partial charge in [0.2, 0.25) is 0 Å². The first-order valence-corrected chi connectivity index (χ1v) is 5.62. The fourth-order valence-corrected chi connectivity index (χ4v) is 1.85. The normalized spacial score (nSPS) is 10.4. The summed E-state index contributed by atoms with van der Waals surface area (Å²) in [6.07, 6.45) is 0. The number of hydrogen-bond donors (Lipinski definition) is 2. The molecular formula is C11H12BrN3O. The van der Waals surface area contributed by atoms with Crippen molar-refractivity contribution < 1.29 is 4.74 Å². The van der Waals surface area contributed by atoms with E-state index in [1.54, 1.807) is 7.11 Å². The summed E-state index contributed by atoms with van der Waals surface area (Å²) in [6.45, 7) is 0.434. The van der Waals surface area contributed by atoms with E-state index in [0.717, 1.165) is 27.4 Å². The Kier molecular flexibility index (Phi) is 3.26. The molecule has 2 aromatic rings. The molecule has 0 aliphatic rings. The fraction of sp³-hybridized carbons (Fsp3) is 0.182. The van der Waals surface area contributed by atoms with E-state index in [1.807, 2.05) is 24.3 Å². The van der Waals surface area contributed by atoms with Crippen LogP contribution in [0.5, 0.6) is 5.75 Å². The molecule has 0 unspecified atom stereocenters. The van der Waals surface area contributed by atoms with Crippen LogP contribution in [-0.2, 0) is 6.54 Å². The topological polar surface area (TPSA) is 63.9 Å². The van der Waals surface area contributed by atoms with Gasteiger partial charge in [-0.1, -0.05) is 0 Å². The minimum absolute atomic E-state index is 0.434. The van der Waals surface area contributed by atoms with Gasteiger partial charge in [-0.3, -0.25) is 0 Å². The number of H-pyrrole nitrogens is 1. The zero-order chi connectivity index (χ0) is 11.5. The number of nitrogens with two attached hydrogens (primary N) is 1. The van der Waals surface area contributed by atoms with Crippen molar-refractivity contribution in [1.29, 1.82) is 0 Å². The molecule has 0 radical (unpaired) electrons. The molecular weight excluding hydrogens is 270 g/mol. The van der Waals surface area contributed by atoms with Crippen LogP contribution in [0.2, 0.25) is 0 Å². The summed E-state index contributed by atoms with van der Waals surface area (Å²) in [6, 6.07) is 7.69. The Morgan fingerprint density at radius 2 is 2.06 bits per heavy atom. The molecule has 0 spiro atoms. The molecule has 84 valence electrons. The smallest absolute Gasteiger partial charge is 0.138 e. The number of benzene rings is 1. The van der Waals surface area contributed by atoms with Crippen molar-refractivity contribution in [1.82, 2.24) is 9.97 Å². The molecule has 0 amide bonds. The van der Waals surface area contributed by atoms with Crippen LogP contribution >= 0.6 is 15.9 Å². The van der Waals surface area contributed by atoms with Crippen molar-refractivity contribution in [3.05, 3.63) is 34.6 Å². The highest BCUT2D eigenvalue weighted by molar-refractivity contribution is 9.10. The number of ether oxygens (including phenoxy) is 1. The molecule has 1 aromatic heterocycles. The van der Waals surface area contributed by atoms with Gasteiger partial charge in [-0.15, -0.1) is 0 Å². The van der Waals surface area contributed by atoms with E-state index in [1.165, 1.54) is 0 Å². The van der Waals surface area contributed by atoms with Crippen LogP contribution in [0, 0.1) is 0 Å². The summed E-state index contributed by atoms with van der Waals surface area (Å²) >= 11 is 3.36. The summed E-state index contributed by atoms with van der Waals surface area (Å²) < 4.78 is 5.86. The van der Waals surface area contributed by atoms with Crippen molar-refractivity contribution in [3.63, 3.8) is 0 Å². The fourth-order valence-electron chi connectivity index (χ4n) is 1.41. The molecule has 0 bridgehead atoms. The SMILES string of the molecule is COc1ccc(-c2nc(Br)c(CN)[nH]2)cc1. The van der Waals surface area contributed by atoms with Crippen LogP contribution in [0.25, 0.3) is 11.4 Å². The van der Waals surface area contributed by atoms with Gasteiger partial charge in [0, 0.05) is 12.1 Å². The van der Waals surface area contributed by atoms with Crippen molar-refractivity contribution >= 4 is 15.9 Å². The highest BCUT2D eigenvalue weighted by atomic mass is 79.9. The average Bonchev–Trinajstić information content (AvgIpc) is 2.71. The van der Waals surface area contributed by atoms with Gasteiger partial charge >= 0.3 is 0 Å². The second-order valence-electron chi connectivity index (χ2n) is 3.29. The second-order valence-corrected chi connectivity index (χ2v) is 4.04. The molecule has 0 saturated carbocycles. The third kappa shape index (κ3) is 2.10. The highest BCUT2D eigenvalue weighted by Crippen LogP contribution is 2.23. The standard InChI is InChI=1S/C11H12BrN3O/c1-16-8-4-2-7(3-5-8)11-14-9(6-13)10(12)15-11/h2-5H,6,13H2,1H3,(H,14,15). The van der Waals surface area contributed by atoms with Crippen molar-refractivity contribution in [3.8, 4) is 17.1 Å². The third-order valence-corrected chi connectivity index (χ3v) is 2.95. The molecule has 0 aliphatic carbocycles. The molecule has 0 atom stereocenters. The van der Waals surface area contributed by atoms with E-state index < -0.39 is 0 Å². The summed E-state index contributed by atoms with van der Waals surface area (Å²) in [4.78, 5) is 7.51. The Hall–Kier alpha value is -1.33. The lowest BCUT2D eigenvalue weighted by atomic mass is 10.2. The Morgan fingerprint density at radius 1 is 1.38 bits per heavy atom. The van der Waals surface area contributed by atoms with E-state index in [0.29, 0.717) is 6.54 Å². The Morgan fingerprint density at radius 3 is 2.56 bits per heavy atom. The minimum atomic E-state index is 0.434. The molecule has 4 nitrogen and oxygen atoms in total. The summed E-state index contributed by atoms with van der Waals surface area (Å²) in [5.41, 5.74) is 7.46. The zero-order valence-corrected chi connectivity index (χ0v) is 10.4. The Labute approximate surface area is 102 Å². The predicted octanol–water partition coefficient (Wildman–Crippen LogP) is 2.31. The van der Waals surface area contributed by atoms with Crippen LogP contribution < -0.4 is 10.5 Å². The first-order chi connectivity index (χ1) is 7.74. The number of nitrogens with zero attached hydrogens (tertiary/aromatic N) is 1. The van der Waals surface area contributed by atoms with Crippen LogP contribution in [0.4, 0.5) is 0 Å². The van der Waals surface area contributed by atoms with Gasteiger partial charge in [-0.2, -0.15) is 0 Å². The molecule has 1 heterocycles. The van der Waals surface area contributed by atoms with Crippen molar-refractivity contribution in [2.45, 2.75) is 6.54 Å². The summed E-state index contributed by atoms with van der Waals surface area (Å²) in [5, 5.41) is 0. The van der Waals surface area contributed by atoms with E-state index >= 15 is 0 Å². The molecule has 2 rings (SSSR count). The van der Waals surface area contributed by atoms with Gasteiger partial charge in [-0.05, 0) is 40.2 Å². The van der Waals surface area contributed by atoms with Gasteiger partial charge in [0.15, 0.2) is 0 Å². The van der Waals surface area contributed by atoms with Crippen molar-refractivity contribution in [2.24, 2.45) is 5.73 Å². The predicted molar refractivity (Wildman–Crippen MR) is 66.2 cm³/mol. The number of methoxy groups -OCH3 is 1. The van der Waals surface area contributed by atoms with Gasteiger partial charge in [-0.25, -0.2) is 4.98 Å². The number of aromatic nitrogens is 2. The average molecular weight is 282 g/mol. The highest BCUT2D eigenvalue weighted by Gasteiger charge is 2.07. The Balaban J connectivity index is 2.34. The van der Waals surface area contributed by atoms with Gasteiger partial charge < -0.3 is 15.5 Å². The molecule has 5 heteroatoms. The maximum absolute atomic E-state index is 5.57. The van der Waals surface area contributed by atoms with E-state index in [4.69, 9.17) is 10.5 Å². The lowest BCUT2D eigenvalue weighted by Gasteiger charge is -2.00. The maximum atomic E-state index is 5.57. The zero-order valence-electron chi connectivity index (χ0n) is 8.83. The van der Waals surface area contributed by atoms with Crippen LogP contribution in [0.15, 0.2) is 28.9 Å². The number of aromatic amines is 1. The van der Waals surface area contributed by atoms with Gasteiger partial charge in [0.1, 0.15) is 16.2 Å². The van der Waals surface area contributed by atoms with Gasteiger partial charge in [0.05, 0.1) is 12.8 Å². The lowest BCUT2D eigenvalue weighted by molar-refractivity contribution is 0.415. The van der Waals surface area contributed by atoms with E-state index in [9.17, 15) is 0 Å². The van der Waals surface area contributed by atoms with Crippen LogP contribution in [0.3, 0.4) is 0 Å². The minimum Gasteiger partial charge on any atom is -0.497 e. The number of halogens is 1. The maximum Gasteiger partial charge on any atom is 0.138 e. The van der Waals surface area contributed by atoms with Crippen LogP contribution in [-0.4, -0.2) is 17.1 Å².